The summed E-state index contributed by atoms with van der Waals surface area (Å²) in [4.78, 5) is 2.53. The largest absolute Gasteiger partial charge is 0.308 e. The lowest BCUT2D eigenvalue weighted by Crippen LogP contribution is -2.28. The molecule has 3 heteroatoms. The Morgan fingerprint density at radius 2 is 0.859 bits per heavy atom. The molecule has 1 nitrogen and oxygen atoms in total. The monoisotopic (exact) mass is 849 g/mol. The van der Waals surface area contributed by atoms with Gasteiger partial charge in [-0.15, -0.1) is 22.7 Å². The molecule has 0 amide bonds. The Balaban J connectivity index is 1.00. The maximum atomic E-state index is 2.53. The van der Waals surface area contributed by atoms with Crippen LogP contribution in [-0.2, 0) is 5.41 Å². The first kappa shape index (κ1) is 37.0. The fourth-order valence-electron chi connectivity index (χ4n) is 10.6. The summed E-state index contributed by atoms with van der Waals surface area (Å²) in [5.74, 6) is 0. The van der Waals surface area contributed by atoms with Crippen molar-refractivity contribution >= 4 is 80.1 Å². The van der Waals surface area contributed by atoms with Gasteiger partial charge >= 0.3 is 0 Å². The minimum Gasteiger partial charge on any atom is -0.308 e. The number of anilines is 3. The van der Waals surface area contributed by atoms with Gasteiger partial charge in [0.2, 0.25) is 0 Å². The van der Waals surface area contributed by atoms with Gasteiger partial charge in [0, 0.05) is 46.9 Å². The highest BCUT2D eigenvalue weighted by molar-refractivity contribution is 7.26. The summed E-state index contributed by atoms with van der Waals surface area (Å²) < 4.78 is 5.22. The van der Waals surface area contributed by atoms with Crippen molar-refractivity contribution in [2.24, 2.45) is 0 Å². The molecule has 0 radical (unpaired) electrons. The standard InChI is InChI=1S/C61H39NS2/c1-3-18-44(19-4-1)61(45-20-5-2-6-21-45)52-26-10-7-24-50(52)59-53(61)27-15-28-54(59)62(55-29-14-25-49-47-22-8-12-31-57(47)64-60(49)55)46-35-32-40(33-36-46)41-16-13-17-42(38-41)43-34-37-58-51(39-43)48-23-9-11-30-56(48)63-58/h1-39H. The molecule has 2 heterocycles. The fourth-order valence-corrected chi connectivity index (χ4v) is 12.9. The van der Waals surface area contributed by atoms with E-state index in [0.717, 1.165) is 11.4 Å². The highest BCUT2D eigenvalue weighted by Crippen LogP contribution is 2.60. The van der Waals surface area contributed by atoms with E-state index in [4.69, 9.17) is 0 Å². The quantitative estimate of drug-likeness (QED) is 0.154. The van der Waals surface area contributed by atoms with Crippen LogP contribution in [0.15, 0.2) is 237 Å². The van der Waals surface area contributed by atoms with Crippen molar-refractivity contribution in [1.29, 1.82) is 0 Å². The summed E-state index contributed by atoms with van der Waals surface area (Å²) in [5.41, 5.74) is 15.4. The van der Waals surface area contributed by atoms with E-state index in [1.54, 1.807) is 0 Å². The lowest BCUT2D eigenvalue weighted by Gasteiger charge is -2.34. The molecule has 13 rings (SSSR count). The van der Waals surface area contributed by atoms with E-state index in [2.05, 4.69) is 241 Å². The van der Waals surface area contributed by atoms with Crippen molar-refractivity contribution in [3.8, 4) is 33.4 Å². The second kappa shape index (κ2) is 14.8. The van der Waals surface area contributed by atoms with Gasteiger partial charge in [-0.25, -0.2) is 0 Å². The molecule has 0 fully saturated rings. The predicted molar refractivity (Wildman–Crippen MR) is 275 cm³/mol. The van der Waals surface area contributed by atoms with E-state index in [1.807, 2.05) is 22.7 Å². The van der Waals surface area contributed by atoms with Crippen molar-refractivity contribution in [1.82, 2.24) is 0 Å². The van der Waals surface area contributed by atoms with Crippen LogP contribution < -0.4 is 4.90 Å². The highest BCUT2D eigenvalue weighted by Gasteiger charge is 2.47. The fraction of sp³-hybridized carbons (Fsp3) is 0.0164. The second-order valence-electron chi connectivity index (χ2n) is 16.8. The number of hydrogen-bond acceptors (Lipinski definition) is 3. The number of fused-ring (bicyclic) bond motifs is 9. The third-order valence-electron chi connectivity index (χ3n) is 13.4. The number of benzene rings is 10. The van der Waals surface area contributed by atoms with Gasteiger partial charge in [-0.2, -0.15) is 0 Å². The van der Waals surface area contributed by atoms with Crippen molar-refractivity contribution in [2.75, 3.05) is 4.90 Å². The zero-order valence-corrected chi connectivity index (χ0v) is 36.4. The molecule has 0 bridgehead atoms. The van der Waals surface area contributed by atoms with Crippen LogP contribution in [0.4, 0.5) is 17.1 Å². The molecule has 0 aliphatic heterocycles. The molecule has 2 aromatic heterocycles. The van der Waals surface area contributed by atoms with Gasteiger partial charge in [0.15, 0.2) is 0 Å². The maximum absolute atomic E-state index is 2.53. The first-order valence-electron chi connectivity index (χ1n) is 21.9. The lowest BCUT2D eigenvalue weighted by atomic mass is 9.68. The van der Waals surface area contributed by atoms with Gasteiger partial charge in [-0.1, -0.05) is 182 Å². The van der Waals surface area contributed by atoms with E-state index in [0.29, 0.717) is 0 Å². The predicted octanol–water partition coefficient (Wildman–Crippen LogP) is 17.6. The molecule has 300 valence electrons. The normalized spacial score (nSPS) is 12.8. The molecular formula is C61H39NS2. The van der Waals surface area contributed by atoms with E-state index in [1.165, 1.54) is 102 Å². The minimum atomic E-state index is -0.504. The molecule has 1 aliphatic carbocycles. The van der Waals surface area contributed by atoms with Crippen LogP contribution in [0.25, 0.3) is 73.7 Å². The molecule has 0 atom stereocenters. The molecule has 10 aromatic carbocycles. The zero-order chi connectivity index (χ0) is 42.2. The zero-order valence-electron chi connectivity index (χ0n) is 34.8. The summed E-state index contributed by atoms with van der Waals surface area (Å²) in [5, 5.41) is 5.22. The van der Waals surface area contributed by atoms with E-state index in [-0.39, 0.29) is 0 Å². The molecule has 0 unspecified atom stereocenters. The Labute approximate surface area is 380 Å². The summed E-state index contributed by atoms with van der Waals surface area (Å²) in [6.45, 7) is 0. The van der Waals surface area contributed by atoms with Crippen molar-refractivity contribution in [3.05, 3.63) is 259 Å². The van der Waals surface area contributed by atoms with Crippen LogP contribution in [-0.4, -0.2) is 0 Å². The van der Waals surface area contributed by atoms with Gasteiger partial charge in [0.05, 0.1) is 21.5 Å². The van der Waals surface area contributed by atoms with Crippen LogP contribution in [0.1, 0.15) is 22.3 Å². The number of nitrogens with zero attached hydrogens (tertiary/aromatic N) is 1. The summed E-state index contributed by atoms with van der Waals surface area (Å²) in [6.07, 6.45) is 0. The van der Waals surface area contributed by atoms with Gasteiger partial charge in [0.1, 0.15) is 0 Å². The number of thiophene rings is 2. The van der Waals surface area contributed by atoms with Crippen LogP contribution in [0.2, 0.25) is 0 Å². The average Bonchev–Trinajstić information content (AvgIpc) is 4.04. The maximum Gasteiger partial charge on any atom is 0.0714 e. The second-order valence-corrected chi connectivity index (χ2v) is 18.9. The Morgan fingerprint density at radius 3 is 1.62 bits per heavy atom. The van der Waals surface area contributed by atoms with E-state index in [9.17, 15) is 0 Å². The third-order valence-corrected chi connectivity index (χ3v) is 15.7. The number of hydrogen-bond donors (Lipinski definition) is 0. The molecule has 0 saturated heterocycles. The highest BCUT2D eigenvalue weighted by atomic mass is 32.1. The van der Waals surface area contributed by atoms with Crippen LogP contribution >= 0.6 is 22.7 Å². The third kappa shape index (κ3) is 5.61. The topological polar surface area (TPSA) is 3.24 Å². The SMILES string of the molecule is c1ccc(C2(c3ccccc3)c3ccccc3-c3c(N(c4ccc(-c5cccc(-c6ccc7sc8ccccc8c7c6)c5)cc4)c4cccc5c4sc4ccccc45)cccc32)cc1. The summed E-state index contributed by atoms with van der Waals surface area (Å²) >= 11 is 3.74. The van der Waals surface area contributed by atoms with Crippen molar-refractivity contribution < 1.29 is 0 Å². The van der Waals surface area contributed by atoms with Crippen molar-refractivity contribution in [3.63, 3.8) is 0 Å². The smallest absolute Gasteiger partial charge is 0.0714 e. The Morgan fingerprint density at radius 1 is 0.328 bits per heavy atom. The Hall–Kier alpha value is -7.56. The molecule has 0 N–H and O–H groups in total. The van der Waals surface area contributed by atoms with Crippen LogP contribution in [0, 0.1) is 0 Å². The Kier molecular flexibility index (Phi) is 8.55. The number of rotatable bonds is 7. The molecule has 64 heavy (non-hydrogen) atoms. The van der Waals surface area contributed by atoms with Crippen LogP contribution in [0.3, 0.4) is 0 Å². The summed E-state index contributed by atoms with van der Waals surface area (Å²) in [7, 11) is 0. The average molecular weight is 850 g/mol. The van der Waals surface area contributed by atoms with Crippen molar-refractivity contribution in [2.45, 2.75) is 5.41 Å². The molecule has 1 aliphatic rings. The minimum absolute atomic E-state index is 0.504. The van der Waals surface area contributed by atoms with Crippen LogP contribution in [0.5, 0.6) is 0 Å². The summed E-state index contributed by atoms with van der Waals surface area (Å²) in [6, 6.07) is 87.8. The van der Waals surface area contributed by atoms with Gasteiger partial charge in [0.25, 0.3) is 0 Å². The first-order valence-corrected chi connectivity index (χ1v) is 23.5. The van der Waals surface area contributed by atoms with E-state index < -0.39 is 5.41 Å². The van der Waals surface area contributed by atoms with Gasteiger partial charge in [-0.3, -0.25) is 0 Å². The Bertz CT molecular complexity index is 3690. The molecule has 12 aromatic rings. The first-order chi connectivity index (χ1) is 31.7. The van der Waals surface area contributed by atoms with E-state index >= 15 is 0 Å². The molecule has 0 saturated carbocycles. The lowest BCUT2D eigenvalue weighted by molar-refractivity contribution is 0.768. The van der Waals surface area contributed by atoms with Gasteiger partial charge in [-0.05, 0) is 105 Å². The molecular weight excluding hydrogens is 811 g/mol. The molecule has 0 spiro atoms. The van der Waals surface area contributed by atoms with Gasteiger partial charge < -0.3 is 4.90 Å².